The summed E-state index contributed by atoms with van der Waals surface area (Å²) in [4.78, 5) is 16.6. The number of benzene rings is 1. The Morgan fingerprint density at radius 2 is 2.20 bits per heavy atom. The first kappa shape index (κ1) is 13.5. The molecule has 0 saturated heterocycles. The molecule has 1 unspecified atom stereocenters. The molecular weight excluding hydrogens is 318 g/mol. The van der Waals surface area contributed by atoms with Crippen LogP contribution in [-0.2, 0) is 22.4 Å². The first-order valence-electron chi connectivity index (χ1n) is 6.55. The molecule has 20 heavy (non-hydrogen) atoms. The summed E-state index contributed by atoms with van der Waals surface area (Å²) in [6.45, 7) is 0.601. The number of carbonyl (C=O) groups is 1. The van der Waals surface area contributed by atoms with Gasteiger partial charge in [0.2, 0.25) is 0 Å². The zero-order chi connectivity index (χ0) is 13.9. The van der Waals surface area contributed by atoms with Crippen molar-refractivity contribution in [2.45, 2.75) is 18.9 Å². The van der Waals surface area contributed by atoms with Gasteiger partial charge in [-0.05, 0) is 45.1 Å². The average Bonchev–Trinajstić information content (AvgIpc) is 2.46. The minimum atomic E-state index is -0.445. The smallest absolute Gasteiger partial charge is 0.170 e. The van der Waals surface area contributed by atoms with E-state index in [4.69, 9.17) is 4.74 Å². The van der Waals surface area contributed by atoms with Gasteiger partial charge in [0.05, 0.1) is 6.61 Å². The molecule has 1 aromatic carbocycles. The Morgan fingerprint density at radius 1 is 1.35 bits per heavy atom. The predicted molar refractivity (Wildman–Crippen MR) is 79.5 cm³/mol. The second-order valence-corrected chi connectivity index (χ2v) is 5.77. The van der Waals surface area contributed by atoms with E-state index in [2.05, 4.69) is 27.0 Å². The molecule has 0 bridgehead atoms. The topological polar surface area (TPSA) is 39.2 Å². The molecular formula is C16H14BrNO2. The van der Waals surface area contributed by atoms with Crippen molar-refractivity contribution < 1.29 is 9.53 Å². The molecule has 0 aliphatic carbocycles. The summed E-state index contributed by atoms with van der Waals surface area (Å²) in [6.07, 6.45) is 4.20. The van der Waals surface area contributed by atoms with Crippen LogP contribution in [0.3, 0.4) is 0 Å². The molecule has 2 heterocycles. The Bertz CT molecular complexity index is 642. The maximum atomic E-state index is 12.5. The minimum absolute atomic E-state index is 0.0806. The Morgan fingerprint density at radius 3 is 3.05 bits per heavy atom. The van der Waals surface area contributed by atoms with Gasteiger partial charge < -0.3 is 4.74 Å². The highest BCUT2D eigenvalue weighted by molar-refractivity contribution is 9.10. The third-order valence-electron chi connectivity index (χ3n) is 3.43. The monoisotopic (exact) mass is 331 g/mol. The SMILES string of the molecule is O=C(Cc1cncc(Br)c1)C1OCCc2ccccc21. The largest absolute Gasteiger partial charge is 0.365 e. The number of hydrogen-bond acceptors (Lipinski definition) is 3. The lowest BCUT2D eigenvalue weighted by atomic mass is 9.93. The van der Waals surface area contributed by atoms with Crippen LogP contribution < -0.4 is 0 Å². The highest BCUT2D eigenvalue weighted by Crippen LogP contribution is 2.28. The maximum Gasteiger partial charge on any atom is 0.170 e. The van der Waals surface area contributed by atoms with E-state index in [1.54, 1.807) is 12.4 Å². The Balaban J connectivity index is 1.82. The standard InChI is InChI=1S/C16H14BrNO2/c17-13-7-11(9-18-10-13)8-15(19)16-14-4-2-1-3-12(14)5-6-20-16/h1-4,7,9-10,16H,5-6,8H2. The van der Waals surface area contributed by atoms with E-state index in [1.165, 1.54) is 5.56 Å². The molecule has 4 heteroatoms. The predicted octanol–water partition coefficient (Wildman–Crippen LogP) is 3.27. The molecule has 1 aliphatic rings. The van der Waals surface area contributed by atoms with Crippen LogP contribution in [0.4, 0.5) is 0 Å². The number of aromatic nitrogens is 1. The molecule has 0 N–H and O–H groups in total. The molecule has 0 fully saturated rings. The van der Waals surface area contributed by atoms with E-state index in [1.807, 2.05) is 24.3 Å². The highest BCUT2D eigenvalue weighted by atomic mass is 79.9. The molecule has 1 aromatic heterocycles. The van der Waals surface area contributed by atoms with Gasteiger partial charge in [0, 0.05) is 23.3 Å². The third-order valence-corrected chi connectivity index (χ3v) is 3.86. The first-order chi connectivity index (χ1) is 9.74. The lowest BCUT2D eigenvalue weighted by molar-refractivity contribution is -0.131. The number of Topliss-reactive ketones (excluding diaryl/α,β-unsaturated/α-hetero) is 1. The lowest BCUT2D eigenvalue weighted by Gasteiger charge is -2.25. The average molecular weight is 332 g/mol. The zero-order valence-electron chi connectivity index (χ0n) is 10.9. The van der Waals surface area contributed by atoms with Crippen LogP contribution >= 0.6 is 15.9 Å². The highest BCUT2D eigenvalue weighted by Gasteiger charge is 2.26. The molecule has 0 amide bonds. The van der Waals surface area contributed by atoms with Crippen molar-refractivity contribution in [1.82, 2.24) is 4.98 Å². The van der Waals surface area contributed by atoms with Gasteiger partial charge in [-0.25, -0.2) is 0 Å². The number of halogens is 1. The van der Waals surface area contributed by atoms with E-state index in [-0.39, 0.29) is 5.78 Å². The molecule has 2 aromatic rings. The molecule has 102 valence electrons. The molecule has 0 spiro atoms. The van der Waals surface area contributed by atoms with E-state index in [0.717, 1.165) is 22.0 Å². The van der Waals surface area contributed by atoms with Gasteiger partial charge in [0.15, 0.2) is 5.78 Å². The Kier molecular flexibility index (Phi) is 3.94. The van der Waals surface area contributed by atoms with Gasteiger partial charge in [-0.3, -0.25) is 9.78 Å². The summed E-state index contributed by atoms with van der Waals surface area (Å²) in [5.74, 6) is 0.0806. The van der Waals surface area contributed by atoms with Crippen LogP contribution in [-0.4, -0.2) is 17.4 Å². The lowest BCUT2D eigenvalue weighted by Crippen LogP contribution is -2.24. The van der Waals surface area contributed by atoms with Gasteiger partial charge in [0.25, 0.3) is 0 Å². The van der Waals surface area contributed by atoms with E-state index < -0.39 is 6.10 Å². The number of nitrogens with zero attached hydrogens (tertiary/aromatic N) is 1. The zero-order valence-corrected chi connectivity index (χ0v) is 12.5. The third kappa shape index (κ3) is 2.81. The second-order valence-electron chi connectivity index (χ2n) is 4.85. The maximum absolute atomic E-state index is 12.5. The number of hydrogen-bond donors (Lipinski definition) is 0. The van der Waals surface area contributed by atoms with Crippen molar-refractivity contribution in [3.05, 3.63) is 63.9 Å². The molecule has 3 rings (SSSR count). The summed E-state index contributed by atoms with van der Waals surface area (Å²) in [5, 5.41) is 0. The van der Waals surface area contributed by atoms with Crippen LogP contribution in [0.2, 0.25) is 0 Å². The van der Waals surface area contributed by atoms with Crippen molar-refractivity contribution in [3.8, 4) is 0 Å². The molecule has 1 aliphatic heterocycles. The number of fused-ring (bicyclic) bond motifs is 1. The summed E-state index contributed by atoms with van der Waals surface area (Å²) in [6, 6.07) is 9.92. The second kappa shape index (κ2) is 5.85. The van der Waals surface area contributed by atoms with Crippen LogP contribution in [0.1, 0.15) is 22.8 Å². The van der Waals surface area contributed by atoms with Crippen molar-refractivity contribution in [2.24, 2.45) is 0 Å². The van der Waals surface area contributed by atoms with Crippen molar-refractivity contribution >= 4 is 21.7 Å². The summed E-state index contributed by atoms with van der Waals surface area (Å²) in [5.41, 5.74) is 3.12. The van der Waals surface area contributed by atoms with Crippen molar-refractivity contribution in [3.63, 3.8) is 0 Å². The van der Waals surface area contributed by atoms with Crippen LogP contribution in [0, 0.1) is 0 Å². The fourth-order valence-corrected chi connectivity index (χ4v) is 2.92. The fraction of sp³-hybridized carbons (Fsp3) is 0.250. The van der Waals surface area contributed by atoms with Crippen molar-refractivity contribution in [1.29, 1.82) is 0 Å². The summed E-state index contributed by atoms with van der Waals surface area (Å²) >= 11 is 3.37. The van der Waals surface area contributed by atoms with Crippen LogP contribution in [0.15, 0.2) is 47.2 Å². The number of carbonyl (C=O) groups excluding carboxylic acids is 1. The Hall–Kier alpha value is -1.52. The van der Waals surface area contributed by atoms with Gasteiger partial charge in [-0.2, -0.15) is 0 Å². The van der Waals surface area contributed by atoms with Gasteiger partial charge in [-0.15, -0.1) is 0 Å². The number of ketones is 1. The van der Waals surface area contributed by atoms with Crippen molar-refractivity contribution in [2.75, 3.05) is 6.61 Å². The summed E-state index contributed by atoms with van der Waals surface area (Å²) < 4.78 is 6.57. The van der Waals surface area contributed by atoms with Crippen LogP contribution in [0.5, 0.6) is 0 Å². The minimum Gasteiger partial charge on any atom is -0.365 e. The number of rotatable bonds is 3. The molecule has 3 nitrogen and oxygen atoms in total. The molecule has 0 saturated carbocycles. The van der Waals surface area contributed by atoms with Crippen LogP contribution in [0.25, 0.3) is 0 Å². The fourth-order valence-electron chi connectivity index (χ4n) is 2.51. The molecule has 1 atom stereocenters. The van der Waals surface area contributed by atoms with E-state index in [9.17, 15) is 4.79 Å². The number of pyridine rings is 1. The van der Waals surface area contributed by atoms with E-state index in [0.29, 0.717) is 13.0 Å². The Labute approximate surface area is 126 Å². The van der Waals surface area contributed by atoms with Gasteiger partial charge in [0.1, 0.15) is 6.10 Å². The van der Waals surface area contributed by atoms with Gasteiger partial charge >= 0.3 is 0 Å². The first-order valence-corrected chi connectivity index (χ1v) is 7.35. The van der Waals surface area contributed by atoms with Gasteiger partial charge in [-0.1, -0.05) is 24.3 Å². The van der Waals surface area contributed by atoms with E-state index >= 15 is 0 Å². The number of ether oxygens (including phenoxy) is 1. The normalized spacial score (nSPS) is 17.6. The molecule has 0 radical (unpaired) electrons. The quantitative estimate of drug-likeness (QED) is 0.866. The summed E-state index contributed by atoms with van der Waals surface area (Å²) in [7, 11) is 0.